The molecule has 3 nitrogen and oxygen atoms in total. The number of hydrogen-bond donors (Lipinski definition) is 0. The molecule has 0 spiro atoms. The number of imidazole rings is 1. The molecule has 2 aromatic rings. The zero-order chi connectivity index (χ0) is 11.0. The first-order valence-corrected chi connectivity index (χ1v) is 5.41. The van der Waals surface area contributed by atoms with Crippen molar-refractivity contribution in [1.29, 1.82) is 0 Å². The van der Waals surface area contributed by atoms with Crippen LogP contribution >= 0.6 is 0 Å². The minimum atomic E-state index is 0.454. The Bertz CT molecular complexity index is 469. The molecule has 0 N–H and O–H groups in total. The summed E-state index contributed by atoms with van der Waals surface area (Å²) in [5.74, 6) is 0.935. The second kappa shape index (κ2) is 3.65. The van der Waals surface area contributed by atoms with Gasteiger partial charge in [0.15, 0.2) is 0 Å². The molecule has 0 aromatic carbocycles. The minimum Gasteiger partial charge on any atom is -0.289 e. The SMILES string of the molecule is CC(C)c1cncn2cnc(C(C)C)c12. The third-order valence-electron chi connectivity index (χ3n) is 2.67. The highest BCUT2D eigenvalue weighted by Gasteiger charge is 2.14. The van der Waals surface area contributed by atoms with Crippen molar-refractivity contribution in [2.24, 2.45) is 0 Å². The molecule has 0 amide bonds. The first-order chi connectivity index (χ1) is 7.11. The first-order valence-electron chi connectivity index (χ1n) is 5.41. The minimum absolute atomic E-state index is 0.454. The summed E-state index contributed by atoms with van der Waals surface area (Å²) < 4.78 is 2.02. The van der Waals surface area contributed by atoms with Crippen molar-refractivity contribution in [3.8, 4) is 0 Å². The van der Waals surface area contributed by atoms with Gasteiger partial charge >= 0.3 is 0 Å². The molecule has 0 saturated heterocycles. The van der Waals surface area contributed by atoms with Crippen LogP contribution in [0.5, 0.6) is 0 Å². The summed E-state index contributed by atoms with van der Waals surface area (Å²) in [4.78, 5) is 8.69. The number of hydrogen-bond acceptors (Lipinski definition) is 2. The van der Waals surface area contributed by atoms with Crippen LogP contribution in [0.2, 0.25) is 0 Å². The molecule has 0 atom stereocenters. The van der Waals surface area contributed by atoms with Gasteiger partial charge in [-0.2, -0.15) is 0 Å². The number of nitrogens with zero attached hydrogens (tertiary/aromatic N) is 3. The Morgan fingerprint density at radius 3 is 2.40 bits per heavy atom. The zero-order valence-corrected chi connectivity index (χ0v) is 9.73. The molecule has 2 aromatic heterocycles. The van der Waals surface area contributed by atoms with Crippen molar-refractivity contribution in [1.82, 2.24) is 14.4 Å². The van der Waals surface area contributed by atoms with Crippen LogP contribution < -0.4 is 0 Å². The van der Waals surface area contributed by atoms with Gasteiger partial charge in [-0.05, 0) is 17.4 Å². The predicted molar refractivity (Wildman–Crippen MR) is 61.2 cm³/mol. The smallest absolute Gasteiger partial charge is 0.101 e. The van der Waals surface area contributed by atoms with Gasteiger partial charge in [-0.25, -0.2) is 9.97 Å². The van der Waals surface area contributed by atoms with E-state index >= 15 is 0 Å². The Morgan fingerprint density at radius 2 is 1.80 bits per heavy atom. The van der Waals surface area contributed by atoms with Crippen molar-refractivity contribution >= 4 is 5.52 Å². The van der Waals surface area contributed by atoms with E-state index in [1.54, 1.807) is 0 Å². The summed E-state index contributed by atoms with van der Waals surface area (Å²) in [6, 6.07) is 0. The molecule has 0 fully saturated rings. The topological polar surface area (TPSA) is 30.2 Å². The lowest BCUT2D eigenvalue weighted by atomic mass is 10.0. The predicted octanol–water partition coefficient (Wildman–Crippen LogP) is 2.98. The van der Waals surface area contributed by atoms with E-state index in [-0.39, 0.29) is 0 Å². The summed E-state index contributed by atoms with van der Waals surface area (Å²) in [7, 11) is 0. The van der Waals surface area contributed by atoms with Gasteiger partial charge in [-0.3, -0.25) is 4.40 Å². The Kier molecular flexibility index (Phi) is 2.47. The highest BCUT2D eigenvalue weighted by molar-refractivity contribution is 5.60. The molecule has 0 saturated carbocycles. The lowest BCUT2D eigenvalue weighted by Crippen LogP contribution is -1.98. The van der Waals surface area contributed by atoms with E-state index in [0.717, 1.165) is 0 Å². The van der Waals surface area contributed by atoms with Crippen LogP contribution in [0.25, 0.3) is 5.52 Å². The second-order valence-corrected chi connectivity index (χ2v) is 4.54. The fourth-order valence-corrected chi connectivity index (χ4v) is 1.85. The molecule has 2 rings (SSSR count). The van der Waals surface area contributed by atoms with Crippen molar-refractivity contribution in [3.63, 3.8) is 0 Å². The quantitative estimate of drug-likeness (QED) is 0.751. The van der Waals surface area contributed by atoms with Crippen LogP contribution in [-0.2, 0) is 0 Å². The maximum atomic E-state index is 4.46. The molecule has 0 unspecified atom stereocenters. The third kappa shape index (κ3) is 1.62. The van der Waals surface area contributed by atoms with E-state index in [4.69, 9.17) is 0 Å². The molecule has 3 heteroatoms. The fraction of sp³-hybridized carbons (Fsp3) is 0.500. The molecule has 0 aliphatic carbocycles. The molecule has 15 heavy (non-hydrogen) atoms. The van der Waals surface area contributed by atoms with Gasteiger partial charge in [0, 0.05) is 6.20 Å². The monoisotopic (exact) mass is 203 g/mol. The van der Waals surface area contributed by atoms with Gasteiger partial charge in [0.05, 0.1) is 11.2 Å². The summed E-state index contributed by atoms with van der Waals surface area (Å²) in [6.45, 7) is 8.72. The van der Waals surface area contributed by atoms with Crippen molar-refractivity contribution in [2.45, 2.75) is 39.5 Å². The standard InChI is InChI=1S/C12H17N3/c1-8(2)10-5-13-6-15-7-14-11(9(3)4)12(10)15/h5-9H,1-4H3. The highest BCUT2D eigenvalue weighted by atomic mass is 15.0. The second-order valence-electron chi connectivity index (χ2n) is 4.54. The normalized spacial score (nSPS) is 11.9. The average Bonchev–Trinajstić information content (AvgIpc) is 2.60. The largest absolute Gasteiger partial charge is 0.289 e. The Balaban J connectivity index is 2.75. The van der Waals surface area contributed by atoms with Crippen LogP contribution in [0.4, 0.5) is 0 Å². The molecule has 2 heterocycles. The number of fused-ring (bicyclic) bond motifs is 1. The Hall–Kier alpha value is -1.38. The average molecular weight is 203 g/mol. The van der Waals surface area contributed by atoms with Crippen LogP contribution in [-0.4, -0.2) is 14.4 Å². The van der Waals surface area contributed by atoms with E-state index in [1.807, 2.05) is 23.3 Å². The van der Waals surface area contributed by atoms with E-state index < -0.39 is 0 Å². The van der Waals surface area contributed by atoms with Crippen LogP contribution in [0.1, 0.15) is 50.8 Å². The van der Waals surface area contributed by atoms with Gasteiger partial charge in [0.25, 0.3) is 0 Å². The van der Waals surface area contributed by atoms with Gasteiger partial charge in [-0.1, -0.05) is 27.7 Å². The molecule has 0 aliphatic heterocycles. The van der Waals surface area contributed by atoms with Gasteiger partial charge in [0.2, 0.25) is 0 Å². The van der Waals surface area contributed by atoms with E-state index in [9.17, 15) is 0 Å². The molecule has 80 valence electrons. The van der Waals surface area contributed by atoms with E-state index in [1.165, 1.54) is 16.8 Å². The van der Waals surface area contributed by atoms with E-state index in [2.05, 4.69) is 37.7 Å². The van der Waals surface area contributed by atoms with Crippen molar-refractivity contribution < 1.29 is 0 Å². The summed E-state index contributed by atoms with van der Waals surface area (Å²) in [5, 5.41) is 0. The molecule has 0 radical (unpaired) electrons. The van der Waals surface area contributed by atoms with Crippen LogP contribution in [0, 0.1) is 0 Å². The maximum absolute atomic E-state index is 4.46. The lowest BCUT2D eigenvalue weighted by Gasteiger charge is -2.09. The number of aromatic nitrogens is 3. The molecular weight excluding hydrogens is 186 g/mol. The van der Waals surface area contributed by atoms with Gasteiger partial charge in [0.1, 0.15) is 12.7 Å². The molecule has 0 bridgehead atoms. The van der Waals surface area contributed by atoms with Crippen LogP contribution in [0.15, 0.2) is 18.9 Å². The van der Waals surface area contributed by atoms with Gasteiger partial charge in [-0.15, -0.1) is 0 Å². The molecule has 0 aliphatic rings. The summed E-state index contributed by atoms with van der Waals surface area (Å²) >= 11 is 0. The lowest BCUT2D eigenvalue weighted by molar-refractivity contribution is 0.824. The summed E-state index contributed by atoms with van der Waals surface area (Å²) in [6.07, 6.45) is 5.62. The maximum Gasteiger partial charge on any atom is 0.101 e. The Labute approximate surface area is 90.2 Å². The van der Waals surface area contributed by atoms with Crippen molar-refractivity contribution in [3.05, 3.63) is 30.1 Å². The highest BCUT2D eigenvalue weighted by Crippen LogP contribution is 2.26. The third-order valence-corrected chi connectivity index (χ3v) is 2.67. The zero-order valence-electron chi connectivity index (χ0n) is 9.73. The summed E-state index contributed by atoms with van der Waals surface area (Å²) in [5.41, 5.74) is 3.68. The molecular formula is C12H17N3. The number of rotatable bonds is 2. The van der Waals surface area contributed by atoms with E-state index in [0.29, 0.717) is 11.8 Å². The van der Waals surface area contributed by atoms with Gasteiger partial charge < -0.3 is 0 Å². The first kappa shape index (κ1) is 10.1. The van der Waals surface area contributed by atoms with Crippen LogP contribution in [0.3, 0.4) is 0 Å². The van der Waals surface area contributed by atoms with Crippen molar-refractivity contribution in [2.75, 3.05) is 0 Å². The Morgan fingerprint density at radius 1 is 1.07 bits per heavy atom. The fourth-order valence-electron chi connectivity index (χ4n) is 1.85.